The van der Waals surface area contributed by atoms with Crippen LogP contribution in [-0.2, 0) is 4.79 Å². The lowest BCUT2D eigenvalue weighted by molar-refractivity contribution is -0.167. The van der Waals surface area contributed by atoms with Gasteiger partial charge in [0.2, 0.25) is 11.6 Å². The van der Waals surface area contributed by atoms with E-state index in [0.717, 1.165) is 0 Å². The number of benzene rings is 2. The molecule has 154 valence electrons. The molecule has 0 saturated heterocycles. The highest BCUT2D eigenvalue weighted by atomic mass is 19.4. The minimum absolute atomic E-state index is 0.0398. The van der Waals surface area contributed by atoms with Crippen molar-refractivity contribution in [2.45, 2.75) is 13.1 Å². The van der Waals surface area contributed by atoms with Crippen LogP contribution in [0.1, 0.15) is 5.56 Å². The van der Waals surface area contributed by atoms with Gasteiger partial charge < -0.3 is 23.9 Å². The second-order valence-corrected chi connectivity index (χ2v) is 6.03. The van der Waals surface area contributed by atoms with E-state index in [9.17, 15) is 18.0 Å². The molecule has 0 aliphatic rings. The zero-order valence-corrected chi connectivity index (χ0v) is 15.9. The quantitative estimate of drug-likeness (QED) is 0.674. The molecule has 29 heavy (non-hydrogen) atoms. The van der Waals surface area contributed by atoms with E-state index in [1.54, 1.807) is 19.1 Å². The summed E-state index contributed by atoms with van der Waals surface area (Å²) in [7, 11) is 4.40. The van der Waals surface area contributed by atoms with Crippen LogP contribution >= 0.6 is 0 Å². The smallest absolute Gasteiger partial charge is 0.471 e. The first-order valence-electron chi connectivity index (χ1n) is 8.27. The number of amides is 1. The van der Waals surface area contributed by atoms with Crippen molar-refractivity contribution < 1.29 is 36.6 Å². The molecule has 7 nitrogen and oxygen atoms in total. The number of alkyl halides is 3. The molecule has 1 aromatic heterocycles. The Balaban J connectivity index is 2.06. The molecular formula is C19H17F3N2O5. The number of carbonyl (C=O) groups excluding carboxylic acids is 1. The monoisotopic (exact) mass is 410 g/mol. The standard InChI is InChI=1S/C19H17F3N2O5/c1-9-5-11(23-18(25)19(20,21)22)8-12-15(9)29-17(24-12)10-6-13(26-2)16(28-4)14(7-10)27-3/h5-8H,1-4H3,(H,23,25). The zero-order chi connectivity index (χ0) is 21.3. The number of aryl methyl sites for hydroxylation is 1. The Hall–Kier alpha value is -3.43. The third-order valence-corrected chi connectivity index (χ3v) is 4.10. The lowest BCUT2D eigenvalue weighted by atomic mass is 10.2. The summed E-state index contributed by atoms with van der Waals surface area (Å²) in [6.07, 6.45) is -4.99. The molecule has 0 saturated carbocycles. The molecule has 0 radical (unpaired) electrons. The van der Waals surface area contributed by atoms with Gasteiger partial charge in [0.05, 0.1) is 21.3 Å². The maximum absolute atomic E-state index is 12.5. The number of hydrogen-bond donors (Lipinski definition) is 1. The van der Waals surface area contributed by atoms with Crippen LogP contribution in [0.3, 0.4) is 0 Å². The van der Waals surface area contributed by atoms with Crippen LogP contribution in [-0.4, -0.2) is 38.4 Å². The normalized spacial score (nSPS) is 11.4. The number of anilines is 1. The van der Waals surface area contributed by atoms with E-state index in [0.29, 0.717) is 34.0 Å². The Bertz CT molecular complexity index is 1050. The Morgan fingerprint density at radius 2 is 1.66 bits per heavy atom. The van der Waals surface area contributed by atoms with E-state index in [1.807, 2.05) is 5.32 Å². The molecule has 1 amide bonds. The number of oxazole rings is 1. The highest BCUT2D eigenvalue weighted by molar-refractivity contribution is 5.97. The van der Waals surface area contributed by atoms with Crippen molar-refractivity contribution in [3.63, 3.8) is 0 Å². The number of nitrogens with zero attached hydrogens (tertiary/aromatic N) is 1. The van der Waals surface area contributed by atoms with Crippen molar-refractivity contribution in [3.05, 3.63) is 29.8 Å². The second-order valence-electron chi connectivity index (χ2n) is 6.03. The average Bonchev–Trinajstić information content (AvgIpc) is 3.10. The number of nitrogens with one attached hydrogen (secondary N) is 1. The fraction of sp³-hybridized carbons (Fsp3) is 0.263. The van der Waals surface area contributed by atoms with Crippen LogP contribution in [0.2, 0.25) is 0 Å². The van der Waals surface area contributed by atoms with Crippen molar-refractivity contribution >= 4 is 22.7 Å². The number of methoxy groups -OCH3 is 3. The lowest BCUT2D eigenvalue weighted by Gasteiger charge is -2.12. The summed E-state index contributed by atoms with van der Waals surface area (Å²) in [5.74, 6) is -0.702. The summed E-state index contributed by atoms with van der Waals surface area (Å²) in [4.78, 5) is 15.5. The molecule has 1 N–H and O–H groups in total. The van der Waals surface area contributed by atoms with Crippen LogP contribution in [0.15, 0.2) is 28.7 Å². The van der Waals surface area contributed by atoms with Gasteiger partial charge in [-0.3, -0.25) is 4.79 Å². The number of ether oxygens (including phenoxy) is 3. The van der Waals surface area contributed by atoms with E-state index in [4.69, 9.17) is 18.6 Å². The van der Waals surface area contributed by atoms with Gasteiger partial charge in [-0.1, -0.05) is 0 Å². The van der Waals surface area contributed by atoms with Crippen molar-refractivity contribution in [2.24, 2.45) is 0 Å². The first-order valence-corrected chi connectivity index (χ1v) is 8.27. The summed E-state index contributed by atoms with van der Waals surface area (Å²) in [5, 5.41) is 1.81. The number of rotatable bonds is 5. The van der Waals surface area contributed by atoms with Crippen LogP contribution in [0.4, 0.5) is 18.9 Å². The van der Waals surface area contributed by atoms with Gasteiger partial charge in [-0.15, -0.1) is 0 Å². The molecule has 2 aromatic carbocycles. The third kappa shape index (κ3) is 3.91. The number of halogens is 3. The molecule has 1 heterocycles. The Labute approximate surface area is 163 Å². The molecule has 0 spiro atoms. The van der Waals surface area contributed by atoms with E-state index < -0.39 is 12.1 Å². The van der Waals surface area contributed by atoms with Gasteiger partial charge in [0.25, 0.3) is 0 Å². The van der Waals surface area contributed by atoms with Gasteiger partial charge in [0.1, 0.15) is 5.52 Å². The predicted octanol–water partition coefficient (Wildman–Crippen LogP) is 4.33. The van der Waals surface area contributed by atoms with Crippen LogP contribution in [0.5, 0.6) is 17.2 Å². The zero-order valence-electron chi connectivity index (χ0n) is 15.9. The first-order chi connectivity index (χ1) is 13.7. The molecular weight excluding hydrogens is 393 g/mol. The minimum Gasteiger partial charge on any atom is -0.493 e. The largest absolute Gasteiger partial charge is 0.493 e. The maximum atomic E-state index is 12.5. The molecule has 3 rings (SSSR count). The average molecular weight is 410 g/mol. The Morgan fingerprint density at radius 3 is 2.17 bits per heavy atom. The number of fused-ring (bicyclic) bond motifs is 1. The molecule has 3 aromatic rings. The van der Waals surface area contributed by atoms with Gasteiger partial charge in [-0.05, 0) is 36.8 Å². The van der Waals surface area contributed by atoms with Crippen LogP contribution in [0, 0.1) is 6.92 Å². The van der Waals surface area contributed by atoms with Crippen molar-refractivity contribution in [2.75, 3.05) is 26.6 Å². The third-order valence-electron chi connectivity index (χ3n) is 4.10. The molecule has 0 fully saturated rings. The summed E-state index contributed by atoms with van der Waals surface area (Å²) in [6, 6.07) is 5.94. The highest BCUT2D eigenvalue weighted by Gasteiger charge is 2.38. The number of aromatic nitrogens is 1. The van der Waals surface area contributed by atoms with Crippen molar-refractivity contribution in [3.8, 4) is 28.7 Å². The molecule has 0 aliphatic heterocycles. The first kappa shape index (κ1) is 20.3. The summed E-state index contributed by atoms with van der Waals surface area (Å²) < 4.78 is 59.2. The van der Waals surface area contributed by atoms with Gasteiger partial charge in [0.15, 0.2) is 17.1 Å². The topological polar surface area (TPSA) is 82.8 Å². The minimum atomic E-state index is -4.99. The van der Waals surface area contributed by atoms with E-state index in [2.05, 4.69) is 4.98 Å². The predicted molar refractivity (Wildman–Crippen MR) is 98.5 cm³/mol. The summed E-state index contributed by atoms with van der Waals surface area (Å²) >= 11 is 0. The van der Waals surface area contributed by atoms with Crippen molar-refractivity contribution in [1.29, 1.82) is 0 Å². The molecule has 0 unspecified atom stereocenters. The number of hydrogen-bond acceptors (Lipinski definition) is 6. The van der Waals surface area contributed by atoms with Gasteiger partial charge >= 0.3 is 12.1 Å². The molecule has 10 heteroatoms. The lowest BCUT2D eigenvalue weighted by Crippen LogP contribution is -2.29. The fourth-order valence-electron chi connectivity index (χ4n) is 2.80. The fourth-order valence-corrected chi connectivity index (χ4v) is 2.80. The Morgan fingerprint density at radius 1 is 1.03 bits per heavy atom. The van der Waals surface area contributed by atoms with Crippen molar-refractivity contribution in [1.82, 2.24) is 4.98 Å². The maximum Gasteiger partial charge on any atom is 0.471 e. The summed E-state index contributed by atoms with van der Waals surface area (Å²) in [5.41, 5.74) is 1.63. The van der Waals surface area contributed by atoms with Crippen LogP contribution in [0.25, 0.3) is 22.6 Å². The highest BCUT2D eigenvalue weighted by Crippen LogP contribution is 2.41. The van der Waals surface area contributed by atoms with E-state index >= 15 is 0 Å². The SMILES string of the molecule is COc1cc(-c2nc3cc(NC(=O)C(F)(F)F)cc(C)c3o2)cc(OC)c1OC. The molecule has 0 bridgehead atoms. The second kappa shape index (κ2) is 7.53. The van der Waals surface area contributed by atoms with E-state index in [1.165, 1.54) is 33.5 Å². The molecule has 0 aliphatic carbocycles. The van der Waals surface area contributed by atoms with Gasteiger partial charge in [-0.2, -0.15) is 13.2 Å². The number of carbonyl (C=O) groups is 1. The van der Waals surface area contributed by atoms with Crippen LogP contribution < -0.4 is 19.5 Å². The summed E-state index contributed by atoms with van der Waals surface area (Å²) in [6.45, 7) is 1.63. The molecule has 0 atom stereocenters. The van der Waals surface area contributed by atoms with E-state index in [-0.39, 0.29) is 17.1 Å². The van der Waals surface area contributed by atoms with Gasteiger partial charge in [-0.25, -0.2) is 4.98 Å². The van der Waals surface area contributed by atoms with Gasteiger partial charge in [0, 0.05) is 11.3 Å². The Kier molecular flexibility index (Phi) is 5.27.